The zero-order valence-corrected chi connectivity index (χ0v) is 13.2. The van der Waals surface area contributed by atoms with Gasteiger partial charge >= 0.3 is 0 Å². The Morgan fingerprint density at radius 3 is 2.64 bits per heavy atom. The van der Waals surface area contributed by atoms with Crippen LogP contribution in [0, 0.1) is 5.82 Å². The van der Waals surface area contributed by atoms with Gasteiger partial charge in [0.15, 0.2) is 5.75 Å². The lowest BCUT2D eigenvalue weighted by atomic mass is 10.2. The molecule has 0 unspecified atom stereocenters. The maximum atomic E-state index is 13.3. The zero-order valence-electron chi connectivity index (χ0n) is 13.2. The topological polar surface area (TPSA) is 60.3 Å². The Morgan fingerprint density at radius 1 is 1.04 bits per heavy atom. The molecule has 1 amide bonds. The summed E-state index contributed by atoms with van der Waals surface area (Å²) in [7, 11) is 0. The van der Waals surface area contributed by atoms with Gasteiger partial charge in [0.2, 0.25) is 5.91 Å². The number of anilines is 1. The maximum Gasteiger partial charge on any atom is 0.250 e. The normalized spacial score (nSPS) is 10.3. The fraction of sp³-hybridized carbons (Fsp3) is 0.0526. The molecule has 6 heteroatoms. The molecule has 0 bridgehead atoms. The van der Waals surface area contributed by atoms with Crippen molar-refractivity contribution in [3.8, 4) is 11.5 Å². The molecule has 0 spiro atoms. The quantitative estimate of drug-likeness (QED) is 0.775. The Labute approximate surface area is 143 Å². The molecule has 0 aliphatic carbocycles. The molecule has 1 heterocycles. The third-order valence-corrected chi connectivity index (χ3v) is 3.40. The SMILES string of the molecule is O=C(Cn1ccccc1=O)Nc1ccccc1Oc1cccc(F)c1. The van der Waals surface area contributed by atoms with E-state index in [1.165, 1.54) is 35.0 Å². The van der Waals surface area contributed by atoms with Gasteiger partial charge in [-0.3, -0.25) is 9.59 Å². The molecule has 0 aliphatic heterocycles. The lowest BCUT2D eigenvalue weighted by Gasteiger charge is -2.12. The van der Waals surface area contributed by atoms with Gasteiger partial charge in [-0.1, -0.05) is 24.3 Å². The fourth-order valence-electron chi connectivity index (χ4n) is 2.25. The number of ether oxygens (including phenoxy) is 1. The van der Waals surface area contributed by atoms with E-state index in [1.807, 2.05) is 0 Å². The number of rotatable bonds is 5. The molecule has 0 atom stereocenters. The van der Waals surface area contributed by atoms with E-state index in [-0.39, 0.29) is 18.0 Å². The highest BCUT2D eigenvalue weighted by molar-refractivity contribution is 5.92. The summed E-state index contributed by atoms with van der Waals surface area (Å²) >= 11 is 0. The van der Waals surface area contributed by atoms with Crippen LogP contribution in [0.5, 0.6) is 11.5 Å². The first-order chi connectivity index (χ1) is 12.1. The Hall–Kier alpha value is -3.41. The van der Waals surface area contributed by atoms with Crippen LogP contribution < -0.4 is 15.6 Å². The van der Waals surface area contributed by atoms with Crippen LogP contribution in [-0.2, 0) is 11.3 Å². The number of hydrogen-bond donors (Lipinski definition) is 1. The molecule has 0 saturated heterocycles. The molecule has 126 valence electrons. The van der Waals surface area contributed by atoms with Crippen LogP contribution >= 0.6 is 0 Å². The molecule has 5 nitrogen and oxygen atoms in total. The summed E-state index contributed by atoms with van der Waals surface area (Å²) in [5.74, 6) is -0.0890. The van der Waals surface area contributed by atoms with Crippen LogP contribution in [0.25, 0.3) is 0 Å². The van der Waals surface area contributed by atoms with Gasteiger partial charge in [-0.15, -0.1) is 0 Å². The molecule has 25 heavy (non-hydrogen) atoms. The first-order valence-electron chi connectivity index (χ1n) is 7.59. The van der Waals surface area contributed by atoms with Crippen molar-refractivity contribution in [3.63, 3.8) is 0 Å². The molecular weight excluding hydrogens is 323 g/mol. The Bertz CT molecular complexity index is 953. The lowest BCUT2D eigenvalue weighted by molar-refractivity contribution is -0.116. The number of nitrogens with one attached hydrogen (secondary N) is 1. The van der Waals surface area contributed by atoms with E-state index >= 15 is 0 Å². The zero-order chi connectivity index (χ0) is 17.6. The summed E-state index contributed by atoms with van der Waals surface area (Å²) < 4.78 is 20.2. The average Bonchev–Trinajstić information content (AvgIpc) is 2.59. The van der Waals surface area contributed by atoms with Gasteiger partial charge in [-0.25, -0.2) is 4.39 Å². The van der Waals surface area contributed by atoms with Gasteiger partial charge in [-0.2, -0.15) is 0 Å². The van der Waals surface area contributed by atoms with E-state index in [2.05, 4.69) is 5.32 Å². The molecule has 0 fully saturated rings. The summed E-state index contributed by atoms with van der Waals surface area (Å²) in [5, 5.41) is 2.70. The predicted octanol–water partition coefficient (Wildman–Crippen LogP) is 3.42. The van der Waals surface area contributed by atoms with Crippen molar-refractivity contribution in [3.05, 3.63) is 89.1 Å². The number of amides is 1. The maximum absolute atomic E-state index is 13.3. The average molecular weight is 338 g/mol. The molecule has 1 aromatic heterocycles. The van der Waals surface area contributed by atoms with Gasteiger partial charge in [0.25, 0.3) is 5.56 Å². The van der Waals surface area contributed by atoms with Gasteiger partial charge in [0.1, 0.15) is 18.1 Å². The minimum Gasteiger partial charge on any atom is -0.455 e. The largest absolute Gasteiger partial charge is 0.455 e. The third kappa shape index (κ3) is 4.32. The van der Waals surface area contributed by atoms with Crippen LogP contribution in [0.1, 0.15) is 0 Å². The van der Waals surface area contributed by atoms with Crippen LogP contribution in [0.15, 0.2) is 77.7 Å². The van der Waals surface area contributed by atoms with E-state index in [9.17, 15) is 14.0 Å². The van der Waals surface area contributed by atoms with Crippen molar-refractivity contribution in [1.82, 2.24) is 4.57 Å². The van der Waals surface area contributed by atoms with Crippen LogP contribution in [0.2, 0.25) is 0 Å². The fourth-order valence-corrected chi connectivity index (χ4v) is 2.25. The second-order valence-electron chi connectivity index (χ2n) is 5.27. The molecule has 1 N–H and O–H groups in total. The number of nitrogens with zero attached hydrogens (tertiary/aromatic N) is 1. The van der Waals surface area contributed by atoms with Crippen molar-refractivity contribution in [2.24, 2.45) is 0 Å². The molecule has 0 radical (unpaired) electrons. The number of carbonyl (C=O) groups excluding carboxylic acids is 1. The highest BCUT2D eigenvalue weighted by Crippen LogP contribution is 2.29. The second kappa shape index (κ2) is 7.44. The summed E-state index contributed by atoms with van der Waals surface area (Å²) in [6.07, 6.45) is 1.54. The Morgan fingerprint density at radius 2 is 1.84 bits per heavy atom. The van der Waals surface area contributed by atoms with E-state index in [0.717, 1.165) is 0 Å². The van der Waals surface area contributed by atoms with E-state index in [0.29, 0.717) is 17.2 Å². The monoisotopic (exact) mass is 338 g/mol. The van der Waals surface area contributed by atoms with Crippen LogP contribution in [-0.4, -0.2) is 10.5 Å². The van der Waals surface area contributed by atoms with Gasteiger partial charge < -0.3 is 14.6 Å². The van der Waals surface area contributed by atoms with Crippen LogP contribution in [0.4, 0.5) is 10.1 Å². The molecular formula is C19H15FN2O3. The highest BCUT2D eigenvalue weighted by Gasteiger charge is 2.10. The van der Waals surface area contributed by atoms with Crippen molar-refractivity contribution in [1.29, 1.82) is 0 Å². The molecule has 3 rings (SSSR count). The summed E-state index contributed by atoms with van der Waals surface area (Å²) in [6.45, 7) is -0.117. The van der Waals surface area contributed by atoms with Gasteiger partial charge in [-0.05, 0) is 30.3 Å². The number of pyridine rings is 1. The highest BCUT2D eigenvalue weighted by atomic mass is 19.1. The summed E-state index contributed by atoms with van der Waals surface area (Å²) in [6, 6.07) is 17.2. The van der Waals surface area contributed by atoms with E-state index < -0.39 is 5.82 Å². The number of halogens is 1. The van der Waals surface area contributed by atoms with Gasteiger partial charge in [0, 0.05) is 18.3 Å². The number of aromatic nitrogens is 1. The van der Waals surface area contributed by atoms with Crippen molar-refractivity contribution in [2.45, 2.75) is 6.54 Å². The first-order valence-corrected chi connectivity index (χ1v) is 7.59. The third-order valence-electron chi connectivity index (χ3n) is 3.40. The standard InChI is InChI=1S/C19H15FN2O3/c20-14-6-5-7-15(12-14)25-17-9-2-1-8-16(17)21-18(23)13-22-11-4-3-10-19(22)24/h1-12H,13H2,(H,21,23). The van der Waals surface area contributed by atoms with Crippen LogP contribution in [0.3, 0.4) is 0 Å². The summed E-state index contributed by atoms with van der Waals surface area (Å²) in [4.78, 5) is 23.9. The predicted molar refractivity (Wildman–Crippen MR) is 92.2 cm³/mol. The number of carbonyl (C=O) groups is 1. The number of benzene rings is 2. The molecule has 2 aromatic carbocycles. The lowest BCUT2D eigenvalue weighted by Crippen LogP contribution is -2.26. The number of para-hydroxylation sites is 2. The summed E-state index contributed by atoms with van der Waals surface area (Å²) in [5.41, 5.74) is 0.169. The number of hydrogen-bond acceptors (Lipinski definition) is 3. The molecule has 0 saturated carbocycles. The Balaban J connectivity index is 1.75. The van der Waals surface area contributed by atoms with Crippen molar-refractivity contribution >= 4 is 11.6 Å². The van der Waals surface area contributed by atoms with E-state index in [4.69, 9.17) is 4.74 Å². The van der Waals surface area contributed by atoms with Crippen molar-refractivity contribution < 1.29 is 13.9 Å². The first kappa shape index (κ1) is 16.4. The van der Waals surface area contributed by atoms with E-state index in [1.54, 1.807) is 42.5 Å². The van der Waals surface area contributed by atoms with Gasteiger partial charge in [0.05, 0.1) is 5.69 Å². The van der Waals surface area contributed by atoms with Crippen molar-refractivity contribution in [2.75, 3.05) is 5.32 Å². The minimum absolute atomic E-state index is 0.117. The minimum atomic E-state index is -0.414. The molecule has 3 aromatic rings. The smallest absolute Gasteiger partial charge is 0.250 e. The molecule has 0 aliphatic rings. The second-order valence-corrected chi connectivity index (χ2v) is 5.27. The Kier molecular flexibility index (Phi) is 4.89.